The lowest BCUT2D eigenvalue weighted by molar-refractivity contribution is -0.137. The first-order valence-electron chi connectivity index (χ1n) is 11.7. The molecule has 0 spiro atoms. The number of hydrogen-bond donors (Lipinski definition) is 0. The van der Waals surface area contributed by atoms with E-state index >= 15 is 0 Å². The molecular weight excluding hydrogens is 467 g/mol. The molecule has 0 aliphatic carbocycles. The number of alkyl halides is 3. The van der Waals surface area contributed by atoms with Crippen molar-refractivity contribution in [2.75, 3.05) is 0 Å². The van der Waals surface area contributed by atoms with E-state index < -0.39 is 28.7 Å². The zero-order valence-corrected chi connectivity index (χ0v) is 19.7. The third-order valence-electron chi connectivity index (χ3n) is 6.09. The molecule has 0 saturated carbocycles. The molecule has 5 rings (SSSR count). The van der Waals surface area contributed by atoms with Crippen molar-refractivity contribution in [2.45, 2.75) is 32.4 Å². The average molecular weight is 491 g/mol. The molecular formula is C28H22F3N3O2. The minimum atomic E-state index is -4.81. The quantitative estimate of drug-likeness (QED) is 0.287. The summed E-state index contributed by atoms with van der Waals surface area (Å²) in [6, 6.07) is 18.5. The van der Waals surface area contributed by atoms with Gasteiger partial charge in [0.2, 0.25) is 0 Å². The molecule has 0 atom stereocenters. The zero-order valence-electron chi connectivity index (χ0n) is 20.7. The van der Waals surface area contributed by atoms with Crippen molar-refractivity contribution in [1.82, 2.24) is 14.1 Å². The molecule has 36 heavy (non-hydrogen) atoms. The van der Waals surface area contributed by atoms with Gasteiger partial charge in [0.25, 0.3) is 5.56 Å². The fourth-order valence-corrected chi connectivity index (χ4v) is 4.28. The summed E-state index contributed by atoms with van der Waals surface area (Å²) in [5, 5.41) is 0.392. The van der Waals surface area contributed by atoms with Gasteiger partial charge in [-0.25, -0.2) is 9.36 Å². The van der Waals surface area contributed by atoms with E-state index in [2.05, 4.69) is 25.8 Å². The first-order valence-corrected chi connectivity index (χ1v) is 11.2. The van der Waals surface area contributed by atoms with E-state index in [-0.39, 0.29) is 22.8 Å². The second-order valence-corrected chi connectivity index (χ2v) is 9.52. The van der Waals surface area contributed by atoms with Gasteiger partial charge in [0, 0.05) is 5.69 Å². The van der Waals surface area contributed by atoms with Gasteiger partial charge in [0.15, 0.2) is 5.82 Å². The number of halogens is 3. The lowest BCUT2D eigenvalue weighted by Crippen LogP contribution is -2.37. The van der Waals surface area contributed by atoms with Crippen molar-refractivity contribution < 1.29 is 14.5 Å². The van der Waals surface area contributed by atoms with Crippen molar-refractivity contribution in [3.05, 3.63) is 111 Å². The van der Waals surface area contributed by atoms with E-state index in [4.69, 9.17) is 1.37 Å². The molecule has 0 amide bonds. The average Bonchev–Trinajstić information content (AvgIpc) is 2.83. The molecule has 5 nitrogen and oxygen atoms in total. The summed E-state index contributed by atoms with van der Waals surface area (Å²) in [5.41, 5.74) is -2.16. The van der Waals surface area contributed by atoms with Crippen LogP contribution in [0.2, 0.25) is 0 Å². The van der Waals surface area contributed by atoms with Crippen molar-refractivity contribution in [3.63, 3.8) is 0 Å². The SMILES string of the molecule is [2H]c1c2c(=O)n(-c3ccccc3C(F)(F)F)c(=O)nc-2n(-c2ccc(C(C)(C)C)cc2)c2ccccc12. The molecule has 0 bridgehead atoms. The van der Waals surface area contributed by atoms with Crippen LogP contribution in [0.25, 0.3) is 33.7 Å². The second-order valence-electron chi connectivity index (χ2n) is 9.52. The molecule has 182 valence electrons. The highest BCUT2D eigenvalue weighted by atomic mass is 19.4. The van der Waals surface area contributed by atoms with Crippen LogP contribution < -0.4 is 11.2 Å². The number of benzene rings is 3. The van der Waals surface area contributed by atoms with E-state index in [1.54, 1.807) is 28.8 Å². The topological polar surface area (TPSA) is 56.9 Å². The molecule has 3 aromatic carbocycles. The first kappa shape index (κ1) is 22.3. The number of nitrogens with zero attached hydrogens (tertiary/aromatic N) is 3. The van der Waals surface area contributed by atoms with E-state index in [9.17, 15) is 22.8 Å². The van der Waals surface area contributed by atoms with E-state index in [0.717, 1.165) is 17.7 Å². The zero-order chi connectivity index (χ0) is 26.7. The molecule has 2 aliphatic heterocycles. The van der Waals surface area contributed by atoms with E-state index in [1.165, 1.54) is 12.1 Å². The molecule has 8 heteroatoms. The van der Waals surface area contributed by atoms with Crippen LogP contribution in [0.1, 0.15) is 33.3 Å². The maximum atomic E-state index is 13.7. The summed E-state index contributed by atoms with van der Waals surface area (Å²) >= 11 is 0. The minimum Gasteiger partial charge on any atom is -0.294 e. The van der Waals surface area contributed by atoms with Crippen molar-refractivity contribution in [3.8, 4) is 22.8 Å². The standard InChI is InChI=1S/C28H22F3N3O2/c1-27(2,3)18-12-14-19(15-13-18)33-22-10-6-4-8-17(22)16-20-24(33)32-26(36)34(25(20)35)23-11-7-5-9-21(23)28(29,30)31/h4-16H,1-3H3/i16D. The van der Waals surface area contributed by atoms with Crippen LogP contribution in [0.4, 0.5) is 13.2 Å². The minimum absolute atomic E-state index is 0.0945. The van der Waals surface area contributed by atoms with Gasteiger partial charge in [-0.2, -0.15) is 18.2 Å². The fourth-order valence-electron chi connectivity index (χ4n) is 4.28. The molecule has 0 aromatic heterocycles. The van der Waals surface area contributed by atoms with Crippen LogP contribution in [-0.4, -0.2) is 14.1 Å². The lowest BCUT2D eigenvalue weighted by atomic mass is 9.87. The van der Waals surface area contributed by atoms with Gasteiger partial charge in [-0.15, -0.1) is 0 Å². The molecule has 2 heterocycles. The summed E-state index contributed by atoms with van der Waals surface area (Å²) in [7, 11) is 0. The number of fused-ring (bicyclic) bond motifs is 2. The third-order valence-corrected chi connectivity index (χ3v) is 6.09. The van der Waals surface area contributed by atoms with Crippen LogP contribution in [0.3, 0.4) is 0 Å². The predicted molar refractivity (Wildman–Crippen MR) is 133 cm³/mol. The maximum Gasteiger partial charge on any atom is 0.418 e. The van der Waals surface area contributed by atoms with Crippen LogP contribution in [0, 0.1) is 0 Å². The fraction of sp³-hybridized carbons (Fsp3) is 0.179. The largest absolute Gasteiger partial charge is 0.418 e. The number of pyridine rings is 1. The van der Waals surface area contributed by atoms with Gasteiger partial charge in [-0.1, -0.05) is 63.2 Å². The van der Waals surface area contributed by atoms with Crippen molar-refractivity contribution >= 4 is 10.9 Å². The Balaban J connectivity index is 1.91. The van der Waals surface area contributed by atoms with E-state index in [0.29, 0.717) is 21.2 Å². The highest BCUT2D eigenvalue weighted by Gasteiger charge is 2.35. The van der Waals surface area contributed by atoms with Gasteiger partial charge in [0.1, 0.15) is 0 Å². The smallest absolute Gasteiger partial charge is 0.294 e. The Morgan fingerprint density at radius 3 is 2.14 bits per heavy atom. The van der Waals surface area contributed by atoms with Crippen LogP contribution in [0.15, 0.2) is 88.4 Å². The number of aromatic nitrogens is 3. The normalized spacial score (nSPS) is 12.8. The van der Waals surface area contributed by atoms with Gasteiger partial charge in [-0.05, 0) is 52.7 Å². The Bertz CT molecular complexity index is 1750. The number of rotatable bonds is 2. The van der Waals surface area contributed by atoms with Gasteiger partial charge in [0.05, 0.1) is 23.7 Å². The summed E-state index contributed by atoms with van der Waals surface area (Å²) in [6.07, 6.45) is -4.81. The predicted octanol–water partition coefficient (Wildman–Crippen LogP) is 5.96. The molecule has 0 N–H and O–H groups in total. The Morgan fingerprint density at radius 2 is 1.47 bits per heavy atom. The third kappa shape index (κ3) is 3.88. The van der Waals surface area contributed by atoms with Crippen molar-refractivity contribution in [1.29, 1.82) is 0 Å². The molecule has 0 fully saturated rings. The Hall–Kier alpha value is -4.20. The number of hydrogen-bond acceptors (Lipinski definition) is 3. The highest BCUT2D eigenvalue weighted by molar-refractivity contribution is 5.87. The molecule has 0 radical (unpaired) electrons. The first-order chi connectivity index (χ1) is 17.4. The summed E-state index contributed by atoms with van der Waals surface area (Å²) in [5.74, 6) is -0.0945. The Morgan fingerprint density at radius 1 is 0.833 bits per heavy atom. The molecule has 2 aliphatic rings. The Kier molecular flexibility index (Phi) is 5.07. The van der Waals surface area contributed by atoms with E-state index in [1.807, 2.05) is 24.3 Å². The van der Waals surface area contributed by atoms with Gasteiger partial charge >= 0.3 is 11.9 Å². The lowest BCUT2D eigenvalue weighted by Gasteiger charge is -2.22. The molecule has 0 unspecified atom stereocenters. The molecule has 3 aromatic rings. The maximum absolute atomic E-state index is 13.7. The summed E-state index contributed by atoms with van der Waals surface area (Å²) < 4.78 is 51.9. The second kappa shape index (κ2) is 8.19. The monoisotopic (exact) mass is 490 g/mol. The summed E-state index contributed by atoms with van der Waals surface area (Å²) in [4.78, 5) is 30.9. The highest BCUT2D eigenvalue weighted by Crippen LogP contribution is 2.34. The molecule has 0 saturated heterocycles. The Labute approximate surface area is 205 Å². The van der Waals surface area contributed by atoms with Crippen LogP contribution in [-0.2, 0) is 11.6 Å². The number of para-hydroxylation sites is 2. The van der Waals surface area contributed by atoms with Crippen LogP contribution in [0.5, 0.6) is 0 Å². The van der Waals surface area contributed by atoms with Crippen LogP contribution >= 0.6 is 0 Å². The van der Waals surface area contributed by atoms with Gasteiger partial charge in [-0.3, -0.25) is 9.36 Å². The summed E-state index contributed by atoms with van der Waals surface area (Å²) in [6.45, 7) is 6.21. The van der Waals surface area contributed by atoms with Crippen molar-refractivity contribution in [2.24, 2.45) is 0 Å². The van der Waals surface area contributed by atoms with Gasteiger partial charge < -0.3 is 0 Å².